The first-order valence-electron chi connectivity index (χ1n) is 5.90. The number of nitrogens with one attached hydrogen (secondary N) is 2. The Balaban J connectivity index is 2.85. The molecule has 0 saturated heterocycles. The molecule has 18 heavy (non-hydrogen) atoms. The zero-order valence-electron chi connectivity index (χ0n) is 10.6. The molecule has 0 aliphatic rings. The summed E-state index contributed by atoms with van der Waals surface area (Å²) in [5.74, 6) is 0.257. The molecule has 0 spiro atoms. The smallest absolute Gasteiger partial charge is 0.315 e. The van der Waals surface area contributed by atoms with Crippen LogP contribution in [0.1, 0.15) is 13.3 Å². The Bertz CT molecular complexity index is 410. The molecule has 0 radical (unpaired) electrons. The predicted octanol–water partition coefficient (Wildman–Crippen LogP) is 2.07. The summed E-state index contributed by atoms with van der Waals surface area (Å²) >= 11 is 0. The van der Waals surface area contributed by atoms with Gasteiger partial charge in [-0.1, -0.05) is 13.0 Å². The molecule has 0 amide bonds. The van der Waals surface area contributed by atoms with Gasteiger partial charge in [-0.25, -0.2) is 0 Å². The van der Waals surface area contributed by atoms with Crippen molar-refractivity contribution in [1.29, 1.82) is 0 Å². The third-order valence-corrected chi connectivity index (χ3v) is 2.75. The Labute approximate surface area is 106 Å². The number of rotatable bonds is 7. The molecule has 0 bridgehead atoms. The van der Waals surface area contributed by atoms with Crippen molar-refractivity contribution >= 4 is 17.1 Å². The largest absolute Gasteiger partial charge is 0.396 e. The van der Waals surface area contributed by atoms with E-state index in [9.17, 15) is 10.1 Å². The molecule has 0 heterocycles. The summed E-state index contributed by atoms with van der Waals surface area (Å²) in [7, 11) is 1.65. The van der Waals surface area contributed by atoms with Crippen LogP contribution in [0.3, 0.4) is 0 Å². The van der Waals surface area contributed by atoms with E-state index in [1.54, 1.807) is 25.2 Å². The fourth-order valence-electron chi connectivity index (χ4n) is 1.69. The highest BCUT2D eigenvalue weighted by molar-refractivity contribution is 5.75. The van der Waals surface area contributed by atoms with Crippen molar-refractivity contribution in [1.82, 2.24) is 0 Å². The summed E-state index contributed by atoms with van der Waals surface area (Å²) in [6.07, 6.45) is 0.673. The Kier molecular flexibility index (Phi) is 5.38. The van der Waals surface area contributed by atoms with Crippen LogP contribution in [0.15, 0.2) is 18.2 Å². The van der Waals surface area contributed by atoms with E-state index in [-0.39, 0.29) is 18.2 Å². The Hall–Kier alpha value is -1.82. The second-order valence-electron chi connectivity index (χ2n) is 4.21. The quantitative estimate of drug-likeness (QED) is 0.511. The third-order valence-electron chi connectivity index (χ3n) is 2.75. The van der Waals surface area contributed by atoms with Crippen LogP contribution < -0.4 is 10.6 Å². The fraction of sp³-hybridized carbons (Fsp3) is 0.500. The van der Waals surface area contributed by atoms with Gasteiger partial charge < -0.3 is 15.7 Å². The maximum Gasteiger partial charge on any atom is 0.315 e. The molecular formula is C12H19N3O3. The van der Waals surface area contributed by atoms with Crippen LogP contribution in [0, 0.1) is 16.0 Å². The second kappa shape index (κ2) is 6.80. The summed E-state index contributed by atoms with van der Waals surface area (Å²) in [5, 5.41) is 25.7. The number of para-hydroxylation sites is 1. The average molecular weight is 253 g/mol. The fourth-order valence-corrected chi connectivity index (χ4v) is 1.69. The maximum atomic E-state index is 11.1. The minimum atomic E-state index is -0.398. The van der Waals surface area contributed by atoms with Crippen molar-refractivity contribution in [2.75, 3.05) is 30.8 Å². The molecule has 6 nitrogen and oxygen atoms in total. The number of nitro benzene ring substituents is 1. The number of hydrogen-bond donors (Lipinski definition) is 3. The van der Waals surface area contributed by atoms with Crippen molar-refractivity contribution in [2.45, 2.75) is 13.3 Å². The van der Waals surface area contributed by atoms with Crippen molar-refractivity contribution < 1.29 is 10.0 Å². The normalized spacial score (nSPS) is 11.9. The van der Waals surface area contributed by atoms with Crippen LogP contribution in [0.5, 0.6) is 0 Å². The molecule has 0 fully saturated rings. The predicted molar refractivity (Wildman–Crippen MR) is 72.0 cm³/mol. The van der Waals surface area contributed by atoms with Gasteiger partial charge in [-0.2, -0.15) is 0 Å². The van der Waals surface area contributed by atoms with E-state index < -0.39 is 4.92 Å². The lowest BCUT2D eigenvalue weighted by Crippen LogP contribution is -2.13. The standard InChI is InChI=1S/C12H19N3O3/c1-9(6-7-16)8-14-11-5-3-4-10(13-2)12(11)15(17)18/h3-5,9,13-14,16H,6-8H2,1-2H3. The van der Waals surface area contributed by atoms with Crippen molar-refractivity contribution in [2.24, 2.45) is 5.92 Å². The zero-order chi connectivity index (χ0) is 13.5. The number of anilines is 2. The van der Waals surface area contributed by atoms with E-state index in [1.165, 1.54) is 0 Å². The van der Waals surface area contributed by atoms with Crippen LogP contribution >= 0.6 is 0 Å². The number of nitrogens with zero attached hydrogens (tertiary/aromatic N) is 1. The van der Waals surface area contributed by atoms with Crippen LogP contribution in [0.4, 0.5) is 17.1 Å². The lowest BCUT2D eigenvalue weighted by molar-refractivity contribution is -0.383. The van der Waals surface area contributed by atoms with Crippen LogP contribution in [-0.4, -0.2) is 30.2 Å². The summed E-state index contributed by atoms with van der Waals surface area (Å²) in [6.45, 7) is 2.70. The van der Waals surface area contributed by atoms with Gasteiger partial charge >= 0.3 is 5.69 Å². The number of aliphatic hydroxyl groups excluding tert-OH is 1. The first-order valence-corrected chi connectivity index (χ1v) is 5.90. The van der Waals surface area contributed by atoms with Crippen molar-refractivity contribution in [3.63, 3.8) is 0 Å². The Morgan fingerprint density at radius 1 is 1.44 bits per heavy atom. The molecule has 6 heteroatoms. The van der Waals surface area contributed by atoms with Gasteiger partial charge in [0.05, 0.1) is 4.92 Å². The first kappa shape index (κ1) is 14.2. The molecule has 100 valence electrons. The van der Waals surface area contributed by atoms with E-state index in [1.807, 2.05) is 6.92 Å². The highest BCUT2D eigenvalue weighted by Gasteiger charge is 2.18. The number of benzene rings is 1. The molecule has 1 unspecified atom stereocenters. The molecule has 0 aromatic heterocycles. The summed E-state index contributed by atoms with van der Waals surface area (Å²) in [6, 6.07) is 5.11. The summed E-state index contributed by atoms with van der Waals surface area (Å²) in [4.78, 5) is 10.7. The van der Waals surface area contributed by atoms with E-state index in [4.69, 9.17) is 5.11 Å². The summed E-state index contributed by atoms with van der Waals surface area (Å²) in [5.41, 5.74) is 1.03. The number of hydrogen-bond acceptors (Lipinski definition) is 5. The highest BCUT2D eigenvalue weighted by atomic mass is 16.6. The van der Waals surface area contributed by atoms with E-state index >= 15 is 0 Å². The van der Waals surface area contributed by atoms with Crippen LogP contribution in [0.2, 0.25) is 0 Å². The van der Waals surface area contributed by atoms with E-state index in [2.05, 4.69) is 10.6 Å². The molecular weight excluding hydrogens is 234 g/mol. The van der Waals surface area contributed by atoms with Gasteiger partial charge in [-0.3, -0.25) is 10.1 Å². The van der Waals surface area contributed by atoms with Crippen molar-refractivity contribution in [3.8, 4) is 0 Å². The second-order valence-corrected chi connectivity index (χ2v) is 4.21. The van der Waals surface area contributed by atoms with E-state index in [0.29, 0.717) is 24.3 Å². The van der Waals surface area contributed by atoms with Crippen LogP contribution in [0.25, 0.3) is 0 Å². The van der Waals surface area contributed by atoms with Gasteiger partial charge in [0.2, 0.25) is 0 Å². The minimum Gasteiger partial charge on any atom is -0.396 e. The van der Waals surface area contributed by atoms with Gasteiger partial charge in [0.1, 0.15) is 11.4 Å². The number of nitro groups is 1. The Morgan fingerprint density at radius 2 is 2.11 bits per heavy atom. The maximum absolute atomic E-state index is 11.1. The van der Waals surface area contributed by atoms with Gasteiger partial charge in [0, 0.05) is 20.2 Å². The van der Waals surface area contributed by atoms with Gasteiger partial charge in [0.15, 0.2) is 0 Å². The Morgan fingerprint density at radius 3 is 2.67 bits per heavy atom. The molecule has 0 aliphatic carbocycles. The van der Waals surface area contributed by atoms with Crippen molar-refractivity contribution in [3.05, 3.63) is 28.3 Å². The SMILES string of the molecule is CNc1cccc(NCC(C)CCO)c1[N+](=O)[O-]. The molecule has 1 aromatic carbocycles. The molecule has 1 rings (SSSR count). The van der Waals surface area contributed by atoms with Gasteiger partial charge in [0.25, 0.3) is 0 Å². The highest BCUT2D eigenvalue weighted by Crippen LogP contribution is 2.32. The molecule has 1 aromatic rings. The topological polar surface area (TPSA) is 87.4 Å². The zero-order valence-corrected chi connectivity index (χ0v) is 10.6. The lowest BCUT2D eigenvalue weighted by atomic mass is 10.1. The summed E-state index contributed by atoms with van der Waals surface area (Å²) < 4.78 is 0. The minimum absolute atomic E-state index is 0.0520. The monoisotopic (exact) mass is 253 g/mol. The third kappa shape index (κ3) is 3.59. The molecule has 0 saturated carbocycles. The van der Waals surface area contributed by atoms with Gasteiger partial charge in [-0.15, -0.1) is 0 Å². The number of aliphatic hydroxyl groups is 1. The molecule has 0 aliphatic heterocycles. The lowest BCUT2D eigenvalue weighted by Gasteiger charge is -2.13. The first-order chi connectivity index (χ1) is 8.60. The molecule has 1 atom stereocenters. The average Bonchev–Trinajstić information content (AvgIpc) is 2.35. The molecule has 3 N–H and O–H groups in total. The van der Waals surface area contributed by atoms with Gasteiger partial charge in [-0.05, 0) is 24.5 Å². The van der Waals surface area contributed by atoms with E-state index in [0.717, 1.165) is 0 Å². The van der Waals surface area contributed by atoms with Crippen LogP contribution in [-0.2, 0) is 0 Å².